The molecule has 1 aliphatic carbocycles. The Morgan fingerprint density at radius 2 is 2.25 bits per heavy atom. The van der Waals surface area contributed by atoms with Crippen LogP contribution in [0.15, 0.2) is 12.7 Å². The average Bonchev–Trinajstić information content (AvgIpc) is 1.64. The summed E-state index contributed by atoms with van der Waals surface area (Å²) in [7, 11) is 0. The van der Waals surface area contributed by atoms with Gasteiger partial charge in [0.1, 0.15) is 0 Å². The lowest BCUT2D eigenvalue weighted by molar-refractivity contribution is 0.215. The van der Waals surface area contributed by atoms with Gasteiger partial charge in [0.2, 0.25) is 0 Å². The van der Waals surface area contributed by atoms with E-state index in [0.29, 0.717) is 0 Å². The van der Waals surface area contributed by atoms with E-state index in [0.717, 1.165) is 11.8 Å². The third-order valence-corrected chi connectivity index (χ3v) is 1.97. The van der Waals surface area contributed by atoms with E-state index in [-0.39, 0.29) is 0 Å². The Labute approximate surface area is 51.6 Å². The van der Waals surface area contributed by atoms with Gasteiger partial charge in [-0.2, -0.15) is 0 Å². The monoisotopic (exact) mass is 110 g/mol. The van der Waals surface area contributed by atoms with Gasteiger partial charge in [-0.25, -0.2) is 0 Å². The Morgan fingerprint density at radius 1 is 1.62 bits per heavy atom. The number of rotatable bonds is 2. The first-order chi connectivity index (χ1) is 3.83. The standard InChI is InChI=1S/C8H14/c1-3-4-8-5-7(2)6-8/h3,7-8H,1,4-6H2,2H3. The van der Waals surface area contributed by atoms with E-state index in [9.17, 15) is 0 Å². The molecule has 0 saturated heterocycles. The van der Waals surface area contributed by atoms with Crippen molar-refractivity contribution < 1.29 is 0 Å². The van der Waals surface area contributed by atoms with Crippen LogP contribution in [0.2, 0.25) is 0 Å². The highest BCUT2D eigenvalue weighted by molar-refractivity contribution is 4.82. The van der Waals surface area contributed by atoms with Crippen molar-refractivity contribution >= 4 is 0 Å². The second-order valence-corrected chi connectivity index (χ2v) is 2.97. The second-order valence-electron chi connectivity index (χ2n) is 2.97. The van der Waals surface area contributed by atoms with E-state index in [1.807, 2.05) is 6.08 Å². The van der Waals surface area contributed by atoms with Gasteiger partial charge in [0.25, 0.3) is 0 Å². The molecule has 0 bridgehead atoms. The van der Waals surface area contributed by atoms with E-state index in [1.54, 1.807) is 0 Å². The first-order valence-electron chi connectivity index (χ1n) is 3.44. The van der Waals surface area contributed by atoms with E-state index in [1.165, 1.54) is 19.3 Å². The van der Waals surface area contributed by atoms with Crippen molar-refractivity contribution in [2.75, 3.05) is 0 Å². The summed E-state index contributed by atoms with van der Waals surface area (Å²) in [6.45, 7) is 6.03. The fourth-order valence-corrected chi connectivity index (χ4v) is 1.50. The predicted octanol–water partition coefficient (Wildman–Crippen LogP) is 2.61. The van der Waals surface area contributed by atoms with Crippen molar-refractivity contribution in [2.24, 2.45) is 11.8 Å². The summed E-state index contributed by atoms with van der Waals surface area (Å²) >= 11 is 0. The van der Waals surface area contributed by atoms with Crippen molar-refractivity contribution in [3.8, 4) is 0 Å². The summed E-state index contributed by atoms with van der Waals surface area (Å²) < 4.78 is 0. The summed E-state index contributed by atoms with van der Waals surface area (Å²) in [5.74, 6) is 1.99. The first-order valence-corrected chi connectivity index (χ1v) is 3.44. The quantitative estimate of drug-likeness (QED) is 0.479. The van der Waals surface area contributed by atoms with Crippen LogP contribution in [0.4, 0.5) is 0 Å². The largest absolute Gasteiger partial charge is 0.103 e. The summed E-state index contributed by atoms with van der Waals surface area (Å²) in [5, 5.41) is 0. The molecule has 0 aromatic rings. The maximum absolute atomic E-state index is 3.71. The smallest absolute Gasteiger partial charge is 0.0325 e. The lowest BCUT2D eigenvalue weighted by Crippen LogP contribution is -2.19. The molecule has 0 spiro atoms. The molecule has 0 aromatic carbocycles. The Morgan fingerprint density at radius 3 is 2.62 bits per heavy atom. The number of hydrogen-bond donors (Lipinski definition) is 0. The SMILES string of the molecule is C=CCC1CC(C)C1. The zero-order valence-electron chi connectivity index (χ0n) is 5.56. The van der Waals surface area contributed by atoms with Crippen molar-refractivity contribution in [2.45, 2.75) is 26.2 Å². The Kier molecular flexibility index (Phi) is 1.72. The van der Waals surface area contributed by atoms with Gasteiger partial charge in [0, 0.05) is 0 Å². The summed E-state index contributed by atoms with van der Waals surface area (Å²) in [6.07, 6.45) is 6.15. The third-order valence-electron chi connectivity index (χ3n) is 1.97. The Bertz CT molecular complexity index is 78.0. The van der Waals surface area contributed by atoms with Gasteiger partial charge >= 0.3 is 0 Å². The molecule has 1 aliphatic rings. The zero-order chi connectivity index (χ0) is 5.98. The van der Waals surface area contributed by atoms with Gasteiger partial charge in [0.15, 0.2) is 0 Å². The normalized spacial score (nSPS) is 36.1. The molecule has 0 heteroatoms. The first kappa shape index (κ1) is 5.87. The highest BCUT2D eigenvalue weighted by Gasteiger charge is 2.23. The van der Waals surface area contributed by atoms with Crippen molar-refractivity contribution in [3.05, 3.63) is 12.7 Å². The van der Waals surface area contributed by atoms with Crippen LogP contribution in [0.5, 0.6) is 0 Å². The van der Waals surface area contributed by atoms with Crippen LogP contribution in [0, 0.1) is 11.8 Å². The topological polar surface area (TPSA) is 0 Å². The molecule has 0 atom stereocenters. The fraction of sp³-hybridized carbons (Fsp3) is 0.750. The molecule has 0 aliphatic heterocycles. The molecule has 0 N–H and O–H groups in total. The molecule has 0 radical (unpaired) electrons. The van der Waals surface area contributed by atoms with E-state index in [2.05, 4.69) is 13.5 Å². The molecule has 0 heterocycles. The van der Waals surface area contributed by atoms with Gasteiger partial charge in [0.05, 0.1) is 0 Å². The summed E-state index contributed by atoms with van der Waals surface area (Å²) in [6, 6.07) is 0. The van der Waals surface area contributed by atoms with Crippen LogP contribution < -0.4 is 0 Å². The van der Waals surface area contributed by atoms with E-state index in [4.69, 9.17) is 0 Å². The Hall–Kier alpha value is -0.260. The van der Waals surface area contributed by atoms with Gasteiger partial charge in [-0.1, -0.05) is 13.0 Å². The molecule has 46 valence electrons. The minimum Gasteiger partial charge on any atom is -0.103 e. The van der Waals surface area contributed by atoms with Gasteiger partial charge in [-0.05, 0) is 31.1 Å². The molecule has 1 saturated carbocycles. The predicted molar refractivity (Wildman–Crippen MR) is 36.7 cm³/mol. The van der Waals surface area contributed by atoms with Crippen LogP contribution >= 0.6 is 0 Å². The molecule has 8 heavy (non-hydrogen) atoms. The van der Waals surface area contributed by atoms with E-state index >= 15 is 0 Å². The molecule has 0 nitrogen and oxygen atoms in total. The molecule has 0 unspecified atom stereocenters. The maximum atomic E-state index is 3.71. The summed E-state index contributed by atoms with van der Waals surface area (Å²) in [4.78, 5) is 0. The molecule has 0 aromatic heterocycles. The highest BCUT2D eigenvalue weighted by Crippen LogP contribution is 2.35. The van der Waals surface area contributed by atoms with Crippen LogP contribution in [0.1, 0.15) is 26.2 Å². The van der Waals surface area contributed by atoms with Crippen molar-refractivity contribution in [1.82, 2.24) is 0 Å². The number of hydrogen-bond acceptors (Lipinski definition) is 0. The minimum atomic E-state index is 0.988. The van der Waals surface area contributed by atoms with Gasteiger partial charge in [-0.15, -0.1) is 6.58 Å². The van der Waals surface area contributed by atoms with Crippen LogP contribution in [0.3, 0.4) is 0 Å². The lowest BCUT2D eigenvalue weighted by atomic mass is 9.74. The summed E-state index contributed by atoms with van der Waals surface area (Å²) in [5.41, 5.74) is 0. The molecular formula is C8H14. The van der Waals surface area contributed by atoms with Crippen LogP contribution in [-0.4, -0.2) is 0 Å². The zero-order valence-corrected chi connectivity index (χ0v) is 5.56. The van der Waals surface area contributed by atoms with Crippen LogP contribution in [0.25, 0.3) is 0 Å². The molecular weight excluding hydrogens is 96.1 g/mol. The maximum Gasteiger partial charge on any atom is -0.0325 e. The van der Waals surface area contributed by atoms with Gasteiger partial charge < -0.3 is 0 Å². The highest BCUT2D eigenvalue weighted by atomic mass is 14.3. The van der Waals surface area contributed by atoms with Crippen molar-refractivity contribution in [3.63, 3.8) is 0 Å². The van der Waals surface area contributed by atoms with Crippen molar-refractivity contribution in [1.29, 1.82) is 0 Å². The number of allylic oxidation sites excluding steroid dienone is 1. The second kappa shape index (κ2) is 2.34. The van der Waals surface area contributed by atoms with Gasteiger partial charge in [-0.3, -0.25) is 0 Å². The lowest BCUT2D eigenvalue weighted by Gasteiger charge is -2.31. The fourth-order valence-electron chi connectivity index (χ4n) is 1.50. The third kappa shape index (κ3) is 1.12. The molecule has 0 amide bonds. The molecule has 1 fully saturated rings. The Balaban J connectivity index is 2.06. The minimum absolute atomic E-state index is 0.988. The van der Waals surface area contributed by atoms with Crippen LogP contribution in [-0.2, 0) is 0 Å². The average molecular weight is 110 g/mol. The molecule has 1 rings (SSSR count). The van der Waals surface area contributed by atoms with E-state index < -0.39 is 0 Å².